The molecular formula is C14H20O2. The van der Waals surface area contributed by atoms with Gasteiger partial charge in [-0.3, -0.25) is 4.79 Å². The van der Waals surface area contributed by atoms with Crippen LogP contribution >= 0.6 is 0 Å². The third kappa shape index (κ3) is 1.93. The van der Waals surface area contributed by atoms with Gasteiger partial charge in [-0.25, -0.2) is 0 Å². The molecule has 1 fully saturated rings. The van der Waals surface area contributed by atoms with E-state index in [0.717, 1.165) is 12.8 Å². The molecule has 2 nitrogen and oxygen atoms in total. The van der Waals surface area contributed by atoms with Crippen LogP contribution in [0.2, 0.25) is 0 Å². The molecule has 0 aromatic heterocycles. The van der Waals surface area contributed by atoms with E-state index in [4.69, 9.17) is 4.74 Å². The Balaban J connectivity index is 2.24. The van der Waals surface area contributed by atoms with Crippen molar-refractivity contribution >= 4 is 6.47 Å². The molecule has 2 unspecified atom stereocenters. The molecule has 16 heavy (non-hydrogen) atoms. The largest absolute Gasteiger partial charge is 0.460 e. The monoisotopic (exact) mass is 220 g/mol. The van der Waals surface area contributed by atoms with Gasteiger partial charge in [-0.05, 0) is 43.6 Å². The number of carbonyl (C=O) groups excluding carboxylic acids is 1. The summed E-state index contributed by atoms with van der Waals surface area (Å²) in [5.74, 6) is 0. The second kappa shape index (κ2) is 4.44. The van der Waals surface area contributed by atoms with E-state index in [2.05, 4.69) is 19.1 Å². The first-order valence-electron chi connectivity index (χ1n) is 6.13. The van der Waals surface area contributed by atoms with Crippen LogP contribution < -0.4 is 0 Å². The standard InChI is InChI=1S/C14H20O2/c1-3-11-9-14(2)7-5-4-6-12(14)8-13(11)16-10-15/h3,6,10,13H,4-5,7-9H2,1-2H3/b11-3-. The average molecular weight is 220 g/mol. The summed E-state index contributed by atoms with van der Waals surface area (Å²) < 4.78 is 5.19. The Labute approximate surface area is 97.4 Å². The Hall–Kier alpha value is -1.05. The molecule has 2 heteroatoms. The summed E-state index contributed by atoms with van der Waals surface area (Å²) in [6, 6.07) is 0. The van der Waals surface area contributed by atoms with Crippen LogP contribution in [0.5, 0.6) is 0 Å². The van der Waals surface area contributed by atoms with Gasteiger partial charge in [-0.2, -0.15) is 0 Å². The quantitative estimate of drug-likeness (QED) is 0.526. The third-order valence-electron chi connectivity index (χ3n) is 4.10. The Morgan fingerprint density at radius 1 is 1.56 bits per heavy atom. The first-order valence-corrected chi connectivity index (χ1v) is 6.13. The zero-order valence-corrected chi connectivity index (χ0v) is 10.2. The van der Waals surface area contributed by atoms with Gasteiger partial charge in [0.2, 0.25) is 0 Å². The number of fused-ring (bicyclic) bond motifs is 1. The van der Waals surface area contributed by atoms with Crippen LogP contribution in [0.4, 0.5) is 0 Å². The first-order chi connectivity index (χ1) is 7.69. The summed E-state index contributed by atoms with van der Waals surface area (Å²) in [5.41, 5.74) is 3.10. The van der Waals surface area contributed by atoms with Crippen molar-refractivity contribution in [3.63, 3.8) is 0 Å². The highest BCUT2D eigenvalue weighted by atomic mass is 16.5. The summed E-state index contributed by atoms with van der Waals surface area (Å²) in [7, 11) is 0. The van der Waals surface area contributed by atoms with Crippen molar-refractivity contribution in [3.8, 4) is 0 Å². The minimum Gasteiger partial charge on any atom is -0.460 e. The van der Waals surface area contributed by atoms with Crippen molar-refractivity contribution in [1.29, 1.82) is 0 Å². The van der Waals surface area contributed by atoms with Crippen molar-refractivity contribution in [2.45, 2.75) is 52.1 Å². The second-order valence-corrected chi connectivity index (χ2v) is 5.15. The number of hydrogen-bond donors (Lipinski definition) is 0. The lowest BCUT2D eigenvalue weighted by atomic mass is 9.64. The number of allylic oxidation sites excluding steroid dienone is 2. The van der Waals surface area contributed by atoms with E-state index in [-0.39, 0.29) is 6.10 Å². The van der Waals surface area contributed by atoms with Crippen LogP contribution in [-0.2, 0) is 9.53 Å². The van der Waals surface area contributed by atoms with Crippen LogP contribution in [0.1, 0.15) is 46.0 Å². The maximum Gasteiger partial charge on any atom is 0.293 e. The van der Waals surface area contributed by atoms with Gasteiger partial charge in [-0.1, -0.05) is 24.6 Å². The van der Waals surface area contributed by atoms with Crippen LogP contribution in [0, 0.1) is 5.41 Å². The first kappa shape index (κ1) is 11.4. The maximum atomic E-state index is 10.5. The lowest BCUT2D eigenvalue weighted by Gasteiger charge is -2.43. The van der Waals surface area contributed by atoms with E-state index >= 15 is 0 Å². The molecule has 0 amide bonds. The van der Waals surface area contributed by atoms with Crippen molar-refractivity contribution in [2.75, 3.05) is 0 Å². The SMILES string of the molecule is C/C=C1/CC2(C)CCCC=C2CC1OC=O. The summed E-state index contributed by atoms with van der Waals surface area (Å²) in [6.45, 7) is 4.97. The van der Waals surface area contributed by atoms with Crippen LogP contribution in [-0.4, -0.2) is 12.6 Å². The third-order valence-corrected chi connectivity index (χ3v) is 4.10. The Bertz CT molecular complexity index is 341. The van der Waals surface area contributed by atoms with Gasteiger partial charge in [-0.15, -0.1) is 0 Å². The number of hydrogen-bond acceptors (Lipinski definition) is 2. The van der Waals surface area contributed by atoms with E-state index in [1.165, 1.54) is 30.4 Å². The highest BCUT2D eigenvalue weighted by Gasteiger charge is 2.39. The van der Waals surface area contributed by atoms with E-state index in [1.54, 1.807) is 0 Å². The average Bonchev–Trinajstić information content (AvgIpc) is 2.29. The highest BCUT2D eigenvalue weighted by Crippen LogP contribution is 2.49. The molecule has 2 aliphatic carbocycles. The summed E-state index contributed by atoms with van der Waals surface area (Å²) >= 11 is 0. The minimum absolute atomic E-state index is 0.0140. The molecule has 0 heterocycles. The van der Waals surface area contributed by atoms with E-state index < -0.39 is 0 Å². The summed E-state index contributed by atoms with van der Waals surface area (Å²) in [6.07, 6.45) is 10.1. The zero-order chi connectivity index (χ0) is 11.6. The lowest BCUT2D eigenvalue weighted by molar-refractivity contribution is -0.132. The predicted molar refractivity (Wildman–Crippen MR) is 64.0 cm³/mol. The smallest absolute Gasteiger partial charge is 0.293 e. The normalized spacial score (nSPS) is 36.5. The van der Waals surface area contributed by atoms with Gasteiger partial charge in [0.15, 0.2) is 0 Å². The molecule has 0 aromatic rings. The second-order valence-electron chi connectivity index (χ2n) is 5.15. The fraction of sp³-hybridized carbons (Fsp3) is 0.643. The molecule has 0 aromatic carbocycles. The maximum absolute atomic E-state index is 10.5. The molecular weight excluding hydrogens is 200 g/mol. The van der Waals surface area contributed by atoms with Crippen LogP contribution in [0.15, 0.2) is 23.3 Å². The van der Waals surface area contributed by atoms with Crippen molar-refractivity contribution < 1.29 is 9.53 Å². The molecule has 1 saturated carbocycles. The number of carbonyl (C=O) groups is 1. The van der Waals surface area contributed by atoms with E-state index in [0.29, 0.717) is 11.9 Å². The Morgan fingerprint density at radius 2 is 2.38 bits per heavy atom. The minimum atomic E-state index is -0.0140. The molecule has 88 valence electrons. The van der Waals surface area contributed by atoms with Crippen molar-refractivity contribution in [2.24, 2.45) is 5.41 Å². The topological polar surface area (TPSA) is 26.3 Å². The number of ether oxygens (including phenoxy) is 1. The molecule has 2 atom stereocenters. The Morgan fingerprint density at radius 3 is 3.06 bits per heavy atom. The van der Waals surface area contributed by atoms with E-state index in [9.17, 15) is 4.79 Å². The fourth-order valence-electron chi connectivity index (χ4n) is 3.09. The fourth-order valence-corrected chi connectivity index (χ4v) is 3.09. The van der Waals surface area contributed by atoms with Gasteiger partial charge in [0.1, 0.15) is 6.10 Å². The van der Waals surface area contributed by atoms with Crippen LogP contribution in [0.3, 0.4) is 0 Å². The van der Waals surface area contributed by atoms with Gasteiger partial charge in [0, 0.05) is 6.42 Å². The van der Waals surface area contributed by atoms with Gasteiger partial charge in [0.25, 0.3) is 6.47 Å². The molecule has 0 saturated heterocycles. The summed E-state index contributed by atoms with van der Waals surface area (Å²) in [4.78, 5) is 10.5. The van der Waals surface area contributed by atoms with Gasteiger partial charge >= 0.3 is 0 Å². The highest BCUT2D eigenvalue weighted by molar-refractivity contribution is 5.40. The van der Waals surface area contributed by atoms with Gasteiger partial charge in [0.05, 0.1) is 0 Å². The summed E-state index contributed by atoms with van der Waals surface area (Å²) in [5, 5.41) is 0. The lowest BCUT2D eigenvalue weighted by Crippen LogP contribution is -2.34. The molecule has 0 aliphatic heterocycles. The predicted octanol–water partition coefficient (Wildman–Crippen LogP) is 3.38. The molecule has 0 N–H and O–H groups in total. The van der Waals surface area contributed by atoms with Gasteiger partial charge < -0.3 is 4.74 Å². The molecule has 0 spiro atoms. The zero-order valence-electron chi connectivity index (χ0n) is 10.2. The molecule has 0 bridgehead atoms. The van der Waals surface area contributed by atoms with Crippen molar-refractivity contribution in [3.05, 3.63) is 23.3 Å². The van der Waals surface area contributed by atoms with Crippen molar-refractivity contribution in [1.82, 2.24) is 0 Å². The molecule has 2 aliphatic rings. The van der Waals surface area contributed by atoms with Crippen LogP contribution in [0.25, 0.3) is 0 Å². The molecule has 2 rings (SSSR count). The van der Waals surface area contributed by atoms with E-state index in [1.807, 2.05) is 6.92 Å². The molecule has 0 radical (unpaired) electrons. The Kier molecular flexibility index (Phi) is 3.17. The number of rotatable bonds is 2.